The topological polar surface area (TPSA) is 47.6 Å². The number of ether oxygens (including phenoxy) is 2. The molecule has 1 amide bonds. The molecule has 0 aliphatic carbocycles. The van der Waals surface area contributed by atoms with E-state index in [1.54, 1.807) is 7.11 Å². The van der Waals surface area contributed by atoms with Crippen molar-refractivity contribution in [2.75, 3.05) is 20.3 Å². The Morgan fingerprint density at radius 1 is 1.43 bits per heavy atom. The van der Waals surface area contributed by atoms with Gasteiger partial charge in [-0.3, -0.25) is 4.79 Å². The van der Waals surface area contributed by atoms with Gasteiger partial charge in [0.25, 0.3) is 0 Å². The second-order valence-corrected chi connectivity index (χ2v) is 4.22. The zero-order valence-corrected chi connectivity index (χ0v) is 9.72. The van der Waals surface area contributed by atoms with Crippen molar-refractivity contribution in [2.45, 2.75) is 39.3 Å². The van der Waals surface area contributed by atoms with Gasteiger partial charge in [-0.15, -0.1) is 0 Å². The van der Waals surface area contributed by atoms with Gasteiger partial charge >= 0.3 is 0 Å². The molecule has 0 aromatic rings. The van der Waals surface area contributed by atoms with E-state index in [1.807, 2.05) is 27.7 Å². The third kappa shape index (κ3) is 6.86. The van der Waals surface area contributed by atoms with Gasteiger partial charge in [0.05, 0.1) is 18.2 Å². The summed E-state index contributed by atoms with van der Waals surface area (Å²) in [6.07, 6.45) is 0.0753. The Balaban J connectivity index is 3.81. The largest absolute Gasteiger partial charge is 0.382 e. The van der Waals surface area contributed by atoms with Crippen LogP contribution >= 0.6 is 0 Å². The zero-order chi connectivity index (χ0) is 11.2. The molecule has 0 spiro atoms. The molecule has 0 aliphatic heterocycles. The van der Waals surface area contributed by atoms with Crippen molar-refractivity contribution in [2.24, 2.45) is 0 Å². The second kappa shape index (κ2) is 5.98. The Bertz CT molecular complexity index is 178. The number of amides is 1. The van der Waals surface area contributed by atoms with Crippen molar-refractivity contribution >= 4 is 5.91 Å². The molecule has 0 rings (SSSR count). The first-order valence-corrected chi connectivity index (χ1v) is 4.79. The second-order valence-electron chi connectivity index (χ2n) is 4.22. The lowest BCUT2D eigenvalue weighted by molar-refractivity contribution is -0.129. The lowest BCUT2D eigenvalue weighted by Crippen LogP contribution is -2.48. The summed E-state index contributed by atoms with van der Waals surface area (Å²) in [6.45, 7) is 8.19. The third-order valence-electron chi connectivity index (χ3n) is 1.53. The highest BCUT2D eigenvalue weighted by Gasteiger charge is 2.19. The molecule has 0 saturated heterocycles. The summed E-state index contributed by atoms with van der Waals surface area (Å²) in [6, 6.07) is 0. The van der Waals surface area contributed by atoms with Gasteiger partial charge in [0, 0.05) is 7.11 Å². The van der Waals surface area contributed by atoms with Crippen molar-refractivity contribution in [1.82, 2.24) is 5.32 Å². The number of methoxy groups -OCH3 is 1. The van der Waals surface area contributed by atoms with Crippen molar-refractivity contribution < 1.29 is 14.3 Å². The summed E-state index contributed by atoms with van der Waals surface area (Å²) in [5.74, 6) is -0.110. The van der Waals surface area contributed by atoms with E-state index < -0.39 is 0 Å². The number of carbonyl (C=O) groups is 1. The predicted molar refractivity (Wildman–Crippen MR) is 55.2 cm³/mol. The van der Waals surface area contributed by atoms with E-state index in [-0.39, 0.29) is 24.2 Å². The maximum Gasteiger partial charge on any atom is 0.246 e. The van der Waals surface area contributed by atoms with Gasteiger partial charge in [0.15, 0.2) is 0 Å². The molecule has 0 radical (unpaired) electrons. The van der Waals surface area contributed by atoms with Gasteiger partial charge in [-0.05, 0) is 27.7 Å². The van der Waals surface area contributed by atoms with E-state index in [0.717, 1.165) is 0 Å². The van der Waals surface area contributed by atoms with Crippen LogP contribution in [0.2, 0.25) is 0 Å². The smallest absolute Gasteiger partial charge is 0.246 e. The van der Waals surface area contributed by atoms with E-state index in [2.05, 4.69) is 5.32 Å². The van der Waals surface area contributed by atoms with Gasteiger partial charge < -0.3 is 14.8 Å². The first-order chi connectivity index (χ1) is 6.37. The van der Waals surface area contributed by atoms with Crippen LogP contribution in [0.3, 0.4) is 0 Å². The molecule has 0 aromatic heterocycles. The molecule has 0 atom stereocenters. The van der Waals surface area contributed by atoms with Crippen molar-refractivity contribution in [3.63, 3.8) is 0 Å². The fourth-order valence-electron chi connectivity index (χ4n) is 1.05. The van der Waals surface area contributed by atoms with E-state index in [0.29, 0.717) is 6.61 Å². The monoisotopic (exact) mass is 203 g/mol. The molecule has 0 aromatic carbocycles. The minimum Gasteiger partial charge on any atom is -0.382 e. The van der Waals surface area contributed by atoms with Crippen LogP contribution in [-0.4, -0.2) is 37.9 Å². The van der Waals surface area contributed by atoms with Gasteiger partial charge in [0.1, 0.15) is 6.61 Å². The minimum atomic E-state index is -0.341. The summed E-state index contributed by atoms with van der Waals surface area (Å²) in [7, 11) is 1.61. The van der Waals surface area contributed by atoms with Crippen LogP contribution in [0, 0.1) is 0 Å². The molecule has 0 heterocycles. The van der Waals surface area contributed by atoms with Crippen LogP contribution in [0.5, 0.6) is 0 Å². The number of hydrogen-bond donors (Lipinski definition) is 1. The van der Waals surface area contributed by atoms with Gasteiger partial charge in [-0.2, -0.15) is 0 Å². The van der Waals surface area contributed by atoms with Crippen LogP contribution in [0.4, 0.5) is 0 Å². The number of carbonyl (C=O) groups excluding carboxylic acids is 1. The molecule has 0 saturated carbocycles. The van der Waals surface area contributed by atoms with Crippen molar-refractivity contribution in [1.29, 1.82) is 0 Å². The number of nitrogens with one attached hydrogen (secondary N) is 1. The van der Waals surface area contributed by atoms with Crippen LogP contribution in [0.25, 0.3) is 0 Å². The molecule has 14 heavy (non-hydrogen) atoms. The molecule has 4 nitrogen and oxygen atoms in total. The lowest BCUT2D eigenvalue weighted by Gasteiger charge is -2.25. The van der Waals surface area contributed by atoms with Crippen LogP contribution in [0.15, 0.2) is 0 Å². The zero-order valence-electron chi connectivity index (χ0n) is 9.72. The average Bonchev–Trinajstić information content (AvgIpc) is 1.99. The molecule has 84 valence electrons. The van der Waals surface area contributed by atoms with Crippen LogP contribution in [-0.2, 0) is 14.3 Å². The molecule has 0 bridgehead atoms. The SMILES string of the molecule is COCC(C)(C)NC(=O)COC(C)C. The predicted octanol–water partition coefficient (Wildman–Crippen LogP) is 0.953. The Labute approximate surface area is 86.0 Å². The first-order valence-electron chi connectivity index (χ1n) is 4.79. The quantitative estimate of drug-likeness (QED) is 0.699. The number of rotatable bonds is 6. The molecular formula is C10H21NO3. The average molecular weight is 203 g/mol. The lowest BCUT2D eigenvalue weighted by atomic mass is 10.1. The maximum absolute atomic E-state index is 11.3. The van der Waals surface area contributed by atoms with Gasteiger partial charge in [0.2, 0.25) is 5.91 Å². The first kappa shape index (κ1) is 13.4. The van der Waals surface area contributed by atoms with E-state index in [1.165, 1.54) is 0 Å². The van der Waals surface area contributed by atoms with Crippen LogP contribution < -0.4 is 5.32 Å². The molecule has 0 aliphatic rings. The van der Waals surface area contributed by atoms with E-state index in [9.17, 15) is 4.79 Å². The Morgan fingerprint density at radius 2 is 2.00 bits per heavy atom. The molecule has 4 heteroatoms. The maximum atomic E-state index is 11.3. The summed E-state index contributed by atoms with van der Waals surface area (Å²) in [4.78, 5) is 11.3. The highest BCUT2D eigenvalue weighted by molar-refractivity contribution is 5.77. The molecule has 0 fully saturated rings. The highest BCUT2D eigenvalue weighted by Crippen LogP contribution is 2.01. The highest BCUT2D eigenvalue weighted by atomic mass is 16.5. The van der Waals surface area contributed by atoms with E-state index in [4.69, 9.17) is 9.47 Å². The molecule has 0 unspecified atom stereocenters. The van der Waals surface area contributed by atoms with Crippen molar-refractivity contribution in [3.05, 3.63) is 0 Å². The molecular weight excluding hydrogens is 182 g/mol. The van der Waals surface area contributed by atoms with Gasteiger partial charge in [-0.25, -0.2) is 0 Å². The Hall–Kier alpha value is -0.610. The minimum absolute atomic E-state index is 0.0753. The standard InChI is InChI=1S/C10H21NO3/c1-8(2)14-6-9(12)11-10(3,4)7-13-5/h8H,6-7H2,1-5H3,(H,11,12). The number of hydrogen-bond acceptors (Lipinski definition) is 3. The third-order valence-corrected chi connectivity index (χ3v) is 1.53. The van der Waals surface area contributed by atoms with Gasteiger partial charge in [-0.1, -0.05) is 0 Å². The fraction of sp³-hybridized carbons (Fsp3) is 0.900. The summed E-state index contributed by atoms with van der Waals surface area (Å²) in [5.41, 5.74) is -0.341. The summed E-state index contributed by atoms with van der Waals surface area (Å²) in [5, 5.41) is 2.82. The molecule has 1 N–H and O–H groups in total. The van der Waals surface area contributed by atoms with E-state index >= 15 is 0 Å². The normalized spacial score (nSPS) is 11.9. The summed E-state index contributed by atoms with van der Waals surface area (Å²) >= 11 is 0. The Kier molecular flexibility index (Phi) is 5.72. The Morgan fingerprint density at radius 3 is 2.43 bits per heavy atom. The van der Waals surface area contributed by atoms with Crippen molar-refractivity contribution in [3.8, 4) is 0 Å². The fourth-order valence-corrected chi connectivity index (χ4v) is 1.05. The summed E-state index contributed by atoms with van der Waals surface area (Å²) < 4.78 is 10.2. The van der Waals surface area contributed by atoms with Crippen LogP contribution in [0.1, 0.15) is 27.7 Å².